The van der Waals surface area contributed by atoms with Gasteiger partial charge in [-0.1, -0.05) is 0 Å². The van der Waals surface area contributed by atoms with Crippen molar-refractivity contribution in [2.45, 2.75) is 11.4 Å². The Morgan fingerprint density at radius 2 is 1.31 bits per heavy atom. The average molecular weight is 456 g/mol. The van der Waals surface area contributed by atoms with Crippen molar-refractivity contribution in [3.8, 4) is 0 Å². The third kappa shape index (κ3) is 5.60. The minimum absolute atomic E-state index is 0.203. The first-order chi connectivity index (χ1) is 14.0. The first-order valence-corrected chi connectivity index (χ1v) is 12.3. The number of carbonyl (C=O) groups excluding carboxylic acids is 2. The molecule has 148 valence electrons. The van der Waals surface area contributed by atoms with Gasteiger partial charge in [0.05, 0.1) is 0 Å². The molecule has 1 unspecified atom stereocenters. The Morgan fingerprint density at radius 1 is 0.793 bits per heavy atom. The fraction of sp³-hybridized carbons (Fsp3) is 0.0909. The molecular formula is C22H19NO5Se. The Kier molecular flexibility index (Phi) is 6.54. The van der Waals surface area contributed by atoms with Gasteiger partial charge in [0.15, 0.2) is 0 Å². The predicted octanol–water partition coefficient (Wildman–Crippen LogP) is 3.50. The average Bonchev–Trinajstić information content (AvgIpc) is 2.75. The van der Waals surface area contributed by atoms with Gasteiger partial charge in [-0.15, -0.1) is 0 Å². The molecule has 6 nitrogen and oxygen atoms in total. The third-order valence-electron chi connectivity index (χ3n) is 4.15. The van der Waals surface area contributed by atoms with E-state index in [1.807, 2.05) is 0 Å². The number of hydrogen-bond acceptors (Lipinski definition) is 5. The third-order valence-corrected chi connectivity index (χ3v) is 7.78. The van der Waals surface area contributed by atoms with Crippen molar-refractivity contribution < 1.29 is 22.0 Å². The van der Waals surface area contributed by atoms with Crippen molar-refractivity contribution in [1.29, 1.82) is 0 Å². The molecule has 7 heteroatoms. The predicted molar refractivity (Wildman–Crippen MR) is 108 cm³/mol. The Labute approximate surface area is 170 Å². The number of carbonyl (C=O) groups is 2. The van der Waals surface area contributed by atoms with Crippen LogP contribution >= 0.6 is 0 Å². The van der Waals surface area contributed by atoms with E-state index in [0.717, 1.165) is 0 Å². The second-order valence-electron chi connectivity index (χ2n) is 6.22. The van der Waals surface area contributed by atoms with E-state index in [1.54, 1.807) is 78.9 Å². The summed E-state index contributed by atoms with van der Waals surface area (Å²) in [5, 5.41) is 1.76. The van der Waals surface area contributed by atoms with E-state index in [4.69, 9.17) is 4.74 Å². The molecule has 0 fully saturated rings. The molecule has 1 atom stereocenters. The zero-order valence-corrected chi connectivity index (χ0v) is 17.1. The molecule has 3 rings (SSSR count). The zero-order chi connectivity index (χ0) is 20.7. The number of alkyl carbamates (subject to hydrolysis) is 1. The molecule has 3 aromatic carbocycles. The van der Waals surface area contributed by atoms with Gasteiger partial charge in [0.25, 0.3) is 0 Å². The van der Waals surface area contributed by atoms with Crippen LogP contribution in [0.1, 0.15) is 22.0 Å². The second-order valence-corrected chi connectivity index (χ2v) is 10.5. The molecule has 2 amide bonds. The van der Waals surface area contributed by atoms with E-state index in [-0.39, 0.29) is 9.78 Å². The van der Waals surface area contributed by atoms with Crippen LogP contribution in [-0.4, -0.2) is 24.7 Å². The van der Waals surface area contributed by atoms with E-state index < -0.39 is 30.8 Å². The summed E-state index contributed by atoms with van der Waals surface area (Å²) in [6.45, 7) is 0. The number of nitrogens with one attached hydrogen (secondary N) is 1. The Hall–Kier alpha value is -3.28. The van der Waals surface area contributed by atoms with Crippen LogP contribution in [-0.2, 0) is 12.4 Å². The Bertz CT molecular complexity index is 1070. The van der Waals surface area contributed by atoms with Crippen molar-refractivity contribution in [1.82, 2.24) is 5.32 Å². The summed E-state index contributed by atoms with van der Waals surface area (Å²) in [4.78, 5) is 24.4. The molecule has 0 aliphatic carbocycles. The number of benzene rings is 3. The standard InChI is InChI=1S/C22H19NO5Se/c24-21(18-12-6-2-7-13-18)23-22(25)28-20(17-10-4-1-5-11-17)16-29(26,27)19-14-8-3-9-15-19/h1-15,20H,16H2,(H,23,24,25). The molecule has 0 saturated carbocycles. The number of rotatable bonds is 6. The fourth-order valence-corrected chi connectivity index (χ4v) is 5.69. The molecule has 29 heavy (non-hydrogen) atoms. The van der Waals surface area contributed by atoms with Gasteiger partial charge in [0.2, 0.25) is 0 Å². The van der Waals surface area contributed by atoms with Crippen molar-refractivity contribution in [2.75, 3.05) is 0 Å². The van der Waals surface area contributed by atoms with Gasteiger partial charge in [0.1, 0.15) is 0 Å². The molecule has 0 heterocycles. The molecule has 1 N–H and O–H groups in total. The van der Waals surface area contributed by atoms with Crippen LogP contribution in [0.3, 0.4) is 0 Å². The molecule has 0 aliphatic heterocycles. The quantitative estimate of drug-likeness (QED) is 0.574. The maximum atomic E-state index is 12.8. The van der Waals surface area contributed by atoms with Crippen LogP contribution in [0.5, 0.6) is 0 Å². The molecular weight excluding hydrogens is 437 g/mol. The van der Waals surface area contributed by atoms with Crippen molar-refractivity contribution in [3.63, 3.8) is 0 Å². The normalized spacial score (nSPS) is 12.0. The van der Waals surface area contributed by atoms with Crippen LogP contribution in [0.2, 0.25) is 5.32 Å². The topological polar surface area (TPSA) is 89.5 Å². The Morgan fingerprint density at radius 3 is 1.90 bits per heavy atom. The molecule has 0 aliphatic rings. The Balaban J connectivity index is 1.78. The van der Waals surface area contributed by atoms with E-state index in [2.05, 4.69) is 5.32 Å². The van der Waals surface area contributed by atoms with Crippen LogP contribution in [0, 0.1) is 0 Å². The van der Waals surface area contributed by atoms with Gasteiger partial charge < -0.3 is 0 Å². The summed E-state index contributed by atoms with van der Waals surface area (Å²) in [5.41, 5.74) is 0.821. The first kappa shape index (κ1) is 20.5. The minimum atomic E-state index is -4.59. The number of imide groups is 1. The van der Waals surface area contributed by atoms with Gasteiger partial charge in [-0.25, -0.2) is 0 Å². The van der Waals surface area contributed by atoms with E-state index in [1.165, 1.54) is 12.1 Å². The number of ether oxygens (including phenoxy) is 1. The summed E-state index contributed by atoms with van der Waals surface area (Å²) in [5.74, 6) is -0.625. The molecule has 0 aromatic heterocycles. The molecule has 3 aromatic rings. The van der Waals surface area contributed by atoms with Gasteiger partial charge in [-0.2, -0.15) is 0 Å². The van der Waals surface area contributed by atoms with Crippen molar-refractivity contribution in [2.24, 2.45) is 0 Å². The van der Waals surface area contributed by atoms with Crippen molar-refractivity contribution >= 4 is 29.2 Å². The van der Waals surface area contributed by atoms with E-state index >= 15 is 0 Å². The molecule has 0 spiro atoms. The van der Waals surface area contributed by atoms with Gasteiger partial charge in [-0.3, -0.25) is 0 Å². The summed E-state index contributed by atoms with van der Waals surface area (Å²) in [7, 11) is 0. The maximum absolute atomic E-state index is 12.8. The van der Waals surface area contributed by atoms with Crippen LogP contribution < -0.4 is 9.78 Å². The first-order valence-electron chi connectivity index (χ1n) is 8.85. The second kappa shape index (κ2) is 9.28. The fourth-order valence-electron chi connectivity index (χ4n) is 2.70. The van der Waals surface area contributed by atoms with Crippen LogP contribution in [0.4, 0.5) is 4.79 Å². The zero-order valence-electron chi connectivity index (χ0n) is 15.4. The van der Waals surface area contributed by atoms with Gasteiger partial charge >= 0.3 is 170 Å². The summed E-state index contributed by atoms with van der Waals surface area (Å²) >= 11 is -4.59. The van der Waals surface area contributed by atoms with E-state index in [9.17, 15) is 17.3 Å². The van der Waals surface area contributed by atoms with Gasteiger partial charge in [0, 0.05) is 0 Å². The molecule has 0 bridgehead atoms. The monoisotopic (exact) mass is 457 g/mol. The molecule has 0 radical (unpaired) electrons. The molecule has 0 saturated heterocycles. The van der Waals surface area contributed by atoms with Crippen LogP contribution in [0.25, 0.3) is 0 Å². The van der Waals surface area contributed by atoms with Crippen molar-refractivity contribution in [3.05, 3.63) is 102 Å². The number of hydrogen-bond donors (Lipinski definition) is 1. The SMILES string of the molecule is O=C(NC(=O)c1ccccc1)OC(C[Se](=O)(=O)c1ccccc1)c1ccccc1. The van der Waals surface area contributed by atoms with Crippen LogP contribution in [0.15, 0.2) is 91.0 Å². The summed E-state index contributed by atoms with van der Waals surface area (Å²) < 4.78 is 31.2. The summed E-state index contributed by atoms with van der Waals surface area (Å²) in [6, 6.07) is 24.8. The van der Waals surface area contributed by atoms with Gasteiger partial charge in [-0.05, 0) is 0 Å². The summed E-state index contributed by atoms with van der Waals surface area (Å²) in [6.07, 6.45) is -2.05. The van der Waals surface area contributed by atoms with E-state index in [0.29, 0.717) is 11.1 Å². The number of amides is 2.